The normalized spacial score (nSPS) is 16.4. The second-order valence-electron chi connectivity index (χ2n) is 9.88. The van der Waals surface area contributed by atoms with Crippen LogP contribution in [0, 0.1) is 0 Å². The molecule has 3 rings (SSSR count). The predicted octanol–water partition coefficient (Wildman–Crippen LogP) is 0.630. The van der Waals surface area contributed by atoms with Crippen LogP contribution < -0.4 is 26.0 Å². The van der Waals surface area contributed by atoms with Crippen LogP contribution in [0.3, 0.4) is 0 Å². The second kappa shape index (κ2) is 21.5. The maximum absolute atomic E-state index is 12.8. The maximum Gasteiger partial charge on any atom is 0.329 e. The summed E-state index contributed by atoms with van der Waals surface area (Å²) < 4.78 is 11.9. The van der Waals surface area contributed by atoms with Crippen LogP contribution in [0.2, 0.25) is 0 Å². The SMILES string of the molecule is CCOC(=O)[C@H](CSCc1ccc(OC)cc1)NC(=O)Cn1cc(CN2CCCNCCNCCCNCC2)nn1.[Ni]. The van der Waals surface area contributed by atoms with Crippen molar-refractivity contribution >= 4 is 23.6 Å². The number of thioether (sulfide) groups is 1. The molecule has 1 aliphatic heterocycles. The predicted molar refractivity (Wildman–Crippen MR) is 161 cm³/mol. The molecule has 12 nitrogen and oxygen atoms in total. The number of hydrogen-bond donors (Lipinski definition) is 4. The summed E-state index contributed by atoms with van der Waals surface area (Å²) in [5, 5.41) is 21.7. The number of benzene rings is 1. The molecule has 42 heavy (non-hydrogen) atoms. The van der Waals surface area contributed by atoms with Gasteiger partial charge in [-0.1, -0.05) is 17.3 Å². The number of carbonyl (C=O) groups excluding carboxylic acids is 2. The van der Waals surface area contributed by atoms with Crippen molar-refractivity contribution in [1.29, 1.82) is 0 Å². The quantitative estimate of drug-likeness (QED) is 0.191. The summed E-state index contributed by atoms with van der Waals surface area (Å²) in [5.74, 6) is 1.13. The Kier molecular flexibility index (Phi) is 18.4. The molecule has 0 bridgehead atoms. The van der Waals surface area contributed by atoms with E-state index in [1.807, 2.05) is 24.3 Å². The summed E-state index contributed by atoms with van der Waals surface area (Å²) in [6.07, 6.45) is 3.96. The first-order chi connectivity index (χ1) is 20.1. The average molecular weight is 649 g/mol. The molecule has 0 aliphatic carbocycles. The zero-order valence-electron chi connectivity index (χ0n) is 24.7. The monoisotopic (exact) mass is 648 g/mol. The molecule has 1 amide bonds. The number of carbonyl (C=O) groups is 2. The van der Waals surface area contributed by atoms with E-state index in [0.29, 0.717) is 18.1 Å². The van der Waals surface area contributed by atoms with Gasteiger partial charge in [-0.2, -0.15) is 11.8 Å². The van der Waals surface area contributed by atoms with E-state index in [1.165, 1.54) is 4.68 Å². The number of aromatic nitrogens is 3. The Morgan fingerprint density at radius 1 is 1.02 bits per heavy atom. The fourth-order valence-electron chi connectivity index (χ4n) is 4.36. The smallest absolute Gasteiger partial charge is 0.329 e. The zero-order chi connectivity index (χ0) is 29.1. The fourth-order valence-corrected chi connectivity index (χ4v) is 5.36. The van der Waals surface area contributed by atoms with Crippen LogP contribution >= 0.6 is 11.8 Å². The number of nitrogens with zero attached hydrogens (tertiary/aromatic N) is 4. The molecular weight excluding hydrogens is 603 g/mol. The third kappa shape index (κ3) is 14.3. The van der Waals surface area contributed by atoms with Crippen LogP contribution in [0.25, 0.3) is 0 Å². The molecule has 14 heteroatoms. The van der Waals surface area contributed by atoms with Crippen molar-refractivity contribution in [3.05, 3.63) is 41.7 Å². The molecule has 0 spiro atoms. The number of hydrogen-bond acceptors (Lipinski definition) is 11. The van der Waals surface area contributed by atoms with Crippen molar-refractivity contribution in [3.8, 4) is 5.75 Å². The summed E-state index contributed by atoms with van der Waals surface area (Å²) >= 11 is 1.56. The number of amides is 1. The van der Waals surface area contributed by atoms with Crippen LogP contribution in [0.15, 0.2) is 30.5 Å². The summed E-state index contributed by atoms with van der Waals surface area (Å²) in [4.78, 5) is 27.7. The first-order valence-electron chi connectivity index (χ1n) is 14.5. The Balaban J connectivity index is 0.00000616. The molecule has 2 aromatic rings. The Labute approximate surface area is 263 Å². The molecular formula is C28H46N8NiO4S. The minimum atomic E-state index is -0.749. The maximum atomic E-state index is 12.8. The molecule has 4 N–H and O–H groups in total. The van der Waals surface area contributed by atoms with E-state index in [0.717, 1.165) is 82.2 Å². The molecule has 1 aliphatic rings. The van der Waals surface area contributed by atoms with Gasteiger partial charge in [0.2, 0.25) is 5.91 Å². The van der Waals surface area contributed by atoms with Crippen LogP contribution in [0.4, 0.5) is 0 Å². The van der Waals surface area contributed by atoms with Gasteiger partial charge in [0.1, 0.15) is 18.3 Å². The Morgan fingerprint density at radius 3 is 2.45 bits per heavy atom. The van der Waals surface area contributed by atoms with Crippen LogP contribution in [0.1, 0.15) is 31.0 Å². The van der Waals surface area contributed by atoms with Gasteiger partial charge in [0, 0.05) is 60.7 Å². The van der Waals surface area contributed by atoms with E-state index < -0.39 is 12.0 Å². The number of esters is 1. The van der Waals surface area contributed by atoms with Gasteiger partial charge in [0.05, 0.1) is 25.6 Å². The molecule has 1 atom stereocenters. The molecule has 1 aromatic heterocycles. The van der Waals surface area contributed by atoms with Crippen molar-refractivity contribution in [1.82, 2.24) is 41.2 Å². The molecule has 2 heterocycles. The van der Waals surface area contributed by atoms with Gasteiger partial charge < -0.3 is 30.7 Å². The van der Waals surface area contributed by atoms with Gasteiger partial charge in [0.15, 0.2) is 0 Å². The molecule has 0 unspecified atom stereocenters. The molecule has 0 saturated carbocycles. The van der Waals surface area contributed by atoms with E-state index in [2.05, 4.69) is 36.5 Å². The average Bonchev–Trinajstić information content (AvgIpc) is 3.41. The van der Waals surface area contributed by atoms with Crippen LogP contribution in [0.5, 0.6) is 5.75 Å². The number of ether oxygens (including phenoxy) is 2. The van der Waals surface area contributed by atoms with Crippen molar-refractivity contribution in [2.75, 3.05) is 71.8 Å². The largest absolute Gasteiger partial charge is 0.497 e. The molecule has 238 valence electrons. The third-order valence-electron chi connectivity index (χ3n) is 6.51. The molecule has 0 radical (unpaired) electrons. The van der Waals surface area contributed by atoms with E-state index >= 15 is 0 Å². The van der Waals surface area contributed by atoms with Gasteiger partial charge in [-0.3, -0.25) is 9.69 Å². The first kappa shape index (κ1) is 36.0. The Morgan fingerprint density at radius 2 is 1.74 bits per heavy atom. The summed E-state index contributed by atoms with van der Waals surface area (Å²) in [6.45, 7) is 10.4. The first-order valence-corrected chi connectivity index (χ1v) is 15.6. The third-order valence-corrected chi connectivity index (χ3v) is 7.62. The topological polar surface area (TPSA) is 135 Å². The van der Waals surface area contributed by atoms with E-state index in [9.17, 15) is 9.59 Å². The second-order valence-corrected chi connectivity index (χ2v) is 10.9. The van der Waals surface area contributed by atoms with Gasteiger partial charge >= 0.3 is 5.97 Å². The molecule has 1 aromatic carbocycles. The van der Waals surface area contributed by atoms with Crippen molar-refractivity contribution in [2.45, 2.75) is 44.6 Å². The summed E-state index contributed by atoms with van der Waals surface area (Å²) in [5.41, 5.74) is 1.92. The number of methoxy groups -OCH3 is 1. The molecule has 1 fully saturated rings. The van der Waals surface area contributed by atoms with Crippen molar-refractivity contribution < 1.29 is 35.6 Å². The van der Waals surface area contributed by atoms with E-state index in [4.69, 9.17) is 9.47 Å². The van der Waals surface area contributed by atoms with Crippen molar-refractivity contribution in [3.63, 3.8) is 0 Å². The standard InChI is InChI=1S/C28H46N8O4S.Ni/c1-3-40-28(38)26(22-41-21-23-6-8-25(39-2)9-7-23)32-27(37)20-36-19-24(33-34-36)18-35-16-5-12-30-14-13-29-10-4-11-31-15-17-35;/h6-9,19,26,29-31H,3-5,10-18,20-22H2,1-2H3,(H,32,37);/t26-;/m0./s1. The van der Waals surface area contributed by atoms with Crippen LogP contribution in [-0.4, -0.2) is 110 Å². The zero-order valence-corrected chi connectivity index (χ0v) is 26.5. The minimum absolute atomic E-state index is 0. The van der Waals surface area contributed by atoms with Gasteiger partial charge in [-0.15, -0.1) is 5.10 Å². The summed E-state index contributed by atoms with van der Waals surface area (Å²) in [7, 11) is 1.63. The minimum Gasteiger partial charge on any atom is -0.497 e. The fraction of sp³-hybridized carbons (Fsp3) is 0.643. The Hall–Kier alpha value is -2.22. The van der Waals surface area contributed by atoms with Gasteiger partial charge in [-0.25, -0.2) is 9.48 Å². The van der Waals surface area contributed by atoms with Gasteiger partial charge in [-0.05, 0) is 63.6 Å². The van der Waals surface area contributed by atoms with E-state index in [-0.39, 0.29) is 35.6 Å². The van der Waals surface area contributed by atoms with Crippen LogP contribution in [-0.2, 0) is 49.7 Å². The van der Waals surface area contributed by atoms with E-state index in [1.54, 1.807) is 32.0 Å². The van der Waals surface area contributed by atoms with Crippen molar-refractivity contribution in [2.24, 2.45) is 0 Å². The number of rotatable bonds is 12. The van der Waals surface area contributed by atoms with Gasteiger partial charge in [0.25, 0.3) is 0 Å². The molecule has 1 saturated heterocycles. The number of nitrogens with one attached hydrogen (secondary N) is 4. The summed E-state index contributed by atoms with van der Waals surface area (Å²) in [6, 6.07) is 7.03. The Bertz CT molecular complexity index is 1020.